The topological polar surface area (TPSA) is 130 Å². The number of piperidine rings is 1. The van der Waals surface area contributed by atoms with Crippen molar-refractivity contribution < 1.29 is 26.4 Å². The number of hydrogen-bond donors (Lipinski definition) is 0. The number of likely N-dealkylation sites (tertiary alicyclic amines) is 1. The third kappa shape index (κ3) is 4.85. The predicted molar refractivity (Wildman–Crippen MR) is 103 cm³/mol. The fraction of sp³-hybridized carbons (Fsp3) is 0.688. The molecule has 0 bridgehead atoms. The van der Waals surface area contributed by atoms with Gasteiger partial charge in [0.05, 0.1) is 12.1 Å². The number of aryl methyl sites for hydroxylation is 1. The van der Waals surface area contributed by atoms with Gasteiger partial charge in [-0.2, -0.15) is 4.31 Å². The zero-order valence-corrected chi connectivity index (χ0v) is 17.9. The number of hydrogen-bond acceptors (Lipinski definition) is 7. The number of carbonyl (C=O) groups is 2. The number of amides is 2. The zero-order valence-electron chi connectivity index (χ0n) is 16.2. The molecule has 1 aromatic heterocycles. The average molecular weight is 448 g/mol. The molecule has 0 spiro atoms. The summed E-state index contributed by atoms with van der Waals surface area (Å²) in [6, 6.07) is 0. The molecule has 11 nitrogen and oxygen atoms in total. The summed E-state index contributed by atoms with van der Waals surface area (Å²) >= 11 is 0. The van der Waals surface area contributed by atoms with Gasteiger partial charge in [0.2, 0.25) is 21.8 Å². The number of nitrogens with zero attached hydrogens (tertiary/aromatic N) is 5. The van der Waals surface area contributed by atoms with Gasteiger partial charge < -0.3 is 4.57 Å². The van der Waals surface area contributed by atoms with Crippen molar-refractivity contribution in [2.75, 3.05) is 38.5 Å². The molecule has 162 valence electrons. The number of aromatic nitrogens is 2. The molecule has 2 aliphatic heterocycles. The first-order chi connectivity index (χ1) is 13.6. The van der Waals surface area contributed by atoms with Gasteiger partial charge in [-0.3, -0.25) is 14.5 Å². The molecule has 3 rings (SSSR count). The first-order valence-electron chi connectivity index (χ1n) is 9.40. The lowest BCUT2D eigenvalue weighted by Gasteiger charge is -2.26. The lowest BCUT2D eigenvalue weighted by molar-refractivity contribution is -0.147. The summed E-state index contributed by atoms with van der Waals surface area (Å²) in [5, 5.41) is -0.0709. The van der Waals surface area contributed by atoms with Gasteiger partial charge in [-0.1, -0.05) is 0 Å². The van der Waals surface area contributed by atoms with Crippen molar-refractivity contribution in [3.63, 3.8) is 0 Å². The van der Waals surface area contributed by atoms with Crippen LogP contribution in [-0.4, -0.2) is 90.2 Å². The van der Waals surface area contributed by atoms with E-state index in [1.165, 1.54) is 25.7 Å². The van der Waals surface area contributed by atoms with Gasteiger partial charge in [0.25, 0.3) is 10.0 Å². The Morgan fingerprint density at radius 1 is 0.931 bits per heavy atom. The second kappa shape index (κ2) is 8.50. The van der Waals surface area contributed by atoms with Crippen LogP contribution in [0.15, 0.2) is 17.6 Å². The van der Waals surface area contributed by atoms with Gasteiger partial charge >= 0.3 is 0 Å². The highest BCUT2D eigenvalue weighted by molar-refractivity contribution is 7.89. The van der Waals surface area contributed by atoms with Crippen molar-refractivity contribution in [2.24, 2.45) is 7.05 Å². The Morgan fingerprint density at radius 2 is 1.55 bits per heavy atom. The Hall–Kier alpha value is -1.83. The summed E-state index contributed by atoms with van der Waals surface area (Å²) in [5.74, 6) is -1.06. The van der Waals surface area contributed by atoms with Crippen molar-refractivity contribution in [1.29, 1.82) is 0 Å². The average Bonchev–Trinajstić information content (AvgIpc) is 2.93. The van der Waals surface area contributed by atoms with Gasteiger partial charge in [0, 0.05) is 58.8 Å². The Balaban J connectivity index is 1.63. The van der Waals surface area contributed by atoms with Crippen molar-refractivity contribution in [1.82, 2.24) is 23.1 Å². The second-order valence-corrected chi connectivity index (χ2v) is 11.1. The molecule has 0 unspecified atom stereocenters. The minimum absolute atomic E-state index is 0.0102. The standard InChI is InChI=1S/C16H25N5O6S2/c1-18-12-14(17-13-18)29(26,27)20-7-3-6-19(8-9-20)28(24,25)11-10-21-15(22)4-2-5-16(21)23/h12-13H,2-11H2,1H3. The fourth-order valence-corrected chi connectivity index (χ4v) is 6.30. The Morgan fingerprint density at radius 3 is 2.17 bits per heavy atom. The monoisotopic (exact) mass is 447 g/mol. The van der Waals surface area contributed by atoms with E-state index in [9.17, 15) is 26.4 Å². The molecule has 0 atom stereocenters. The summed E-state index contributed by atoms with van der Waals surface area (Å²) < 4.78 is 54.9. The molecule has 13 heteroatoms. The smallest absolute Gasteiger partial charge is 0.262 e. The molecule has 2 fully saturated rings. The van der Waals surface area contributed by atoms with Crippen LogP contribution in [0.25, 0.3) is 0 Å². The fourth-order valence-electron chi connectivity index (χ4n) is 3.43. The largest absolute Gasteiger partial charge is 0.339 e. The molecule has 2 amide bonds. The van der Waals surface area contributed by atoms with Crippen molar-refractivity contribution in [3.05, 3.63) is 12.5 Å². The number of rotatable bonds is 6. The van der Waals surface area contributed by atoms with Crippen LogP contribution in [-0.2, 0) is 36.7 Å². The molecule has 29 heavy (non-hydrogen) atoms. The number of carbonyl (C=O) groups excluding carboxylic acids is 2. The third-order valence-corrected chi connectivity index (χ3v) is 8.68. The van der Waals surface area contributed by atoms with Gasteiger partial charge in [-0.05, 0) is 12.8 Å². The van der Waals surface area contributed by atoms with Crippen LogP contribution >= 0.6 is 0 Å². The van der Waals surface area contributed by atoms with Crippen LogP contribution in [0.2, 0.25) is 0 Å². The maximum Gasteiger partial charge on any atom is 0.262 e. The number of imidazole rings is 1. The zero-order chi connectivity index (χ0) is 21.2. The Kier molecular flexibility index (Phi) is 6.41. The molecular formula is C16H25N5O6S2. The maximum atomic E-state index is 12.7. The molecule has 1 aromatic rings. The van der Waals surface area contributed by atoms with Gasteiger partial charge in [0.1, 0.15) is 0 Å². The lowest BCUT2D eigenvalue weighted by atomic mass is 10.1. The summed E-state index contributed by atoms with van der Waals surface area (Å²) in [6.45, 7) is 0.217. The van der Waals surface area contributed by atoms with Crippen LogP contribution in [0, 0.1) is 0 Å². The molecule has 2 saturated heterocycles. The summed E-state index contributed by atoms with van der Waals surface area (Å²) in [6.07, 6.45) is 4.12. The van der Waals surface area contributed by atoms with Crippen molar-refractivity contribution >= 4 is 31.9 Å². The Labute approximate surface area is 170 Å². The molecule has 0 aromatic carbocycles. The molecule has 0 radical (unpaired) electrons. The second-order valence-electron chi connectivity index (χ2n) is 7.14. The molecule has 3 heterocycles. The van der Waals surface area contributed by atoms with Crippen LogP contribution < -0.4 is 0 Å². The van der Waals surface area contributed by atoms with E-state index in [0.29, 0.717) is 12.8 Å². The normalized spacial score (nSPS) is 20.8. The molecule has 2 aliphatic rings. The molecule has 0 N–H and O–H groups in total. The molecule has 0 aliphatic carbocycles. The quantitative estimate of drug-likeness (QED) is 0.511. The summed E-state index contributed by atoms with van der Waals surface area (Å²) in [5.41, 5.74) is 0. The highest BCUT2D eigenvalue weighted by atomic mass is 32.2. The van der Waals surface area contributed by atoms with E-state index in [0.717, 1.165) is 4.90 Å². The Bertz CT molecular complexity index is 971. The predicted octanol–water partition coefficient (Wildman–Crippen LogP) is -1.01. The molecule has 0 saturated carbocycles. The highest BCUT2D eigenvalue weighted by Crippen LogP contribution is 2.18. The van der Waals surface area contributed by atoms with Crippen molar-refractivity contribution in [2.45, 2.75) is 30.7 Å². The van der Waals surface area contributed by atoms with E-state index >= 15 is 0 Å². The first kappa shape index (κ1) is 21.9. The van der Waals surface area contributed by atoms with E-state index in [1.807, 2.05) is 0 Å². The number of sulfonamides is 2. The van der Waals surface area contributed by atoms with E-state index in [-0.39, 0.29) is 68.2 Å². The third-order valence-electron chi connectivity index (χ3n) is 5.05. The number of imide groups is 1. The van der Waals surface area contributed by atoms with Crippen LogP contribution in [0.3, 0.4) is 0 Å². The van der Waals surface area contributed by atoms with E-state index in [1.54, 1.807) is 7.05 Å². The molecular weight excluding hydrogens is 422 g/mol. The minimum atomic E-state index is -3.80. The minimum Gasteiger partial charge on any atom is -0.339 e. The van der Waals surface area contributed by atoms with Crippen LogP contribution in [0.1, 0.15) is 25.7 Å². The summed E-state index contributed by atoms with van der Waals surface area (Å²) in [7, 11) is -5.86. The van der Waals surface area contributed by atoms with Gasteiger partial charge in [-0.25, -0.2) is 26.1 Å². The van der Waals surface area contributed by atoms with E-state index in [2.05, 4.69) is 4.98 Å². The maximum absolute atomic E-state index is 12.7. The van der Waals surface area contributed by atoms with E-state index in [4.69, 9.17) is 0 Å². The van der Waals surface area contributed by atoms with E-state index < -0.39 is 20.0 Å². The van der Waals surface area contributed by atoms with Crippen LogP contribution in [0.5, 0.6) is 0 Å². The lowest BCUT2D eigenvalue weighted by Crippen LogP contribution is -2.45. The van der Waals surface area contributed by atoms with Gasteiger partial charge in [-0.15, -0.1) is 0 Å². The first-order valence-corrected chi connectivity index (χ1v) is 12.5. The van der Waals surface area contributed by atoms with Gasteiger partial charge in [0.15, 0.2) is 5.03 Å². The SMILES string of the molecule is Cn1cnc(S(=O)(=O)N2CCCN(S(=O)(=O)CCN3C(=O)CCCC3=O)CC2)c1. The van der Waals surface area contributed by atoms with Crippen LogP contribution in [0.4, 0.5) is 0 Å². The highest BCUT2D eigenvalue weighted by Gasteiger charge is 2.33. The van der Waals surface area contributed by atoms with Crippen molar-refractivity contribution in [3.8, 4) is 0 Å². The summed E-state index contributed by atoms with van der Waals surface area (Å²) in [4.78, 5) is 28.6.